The summed E-state index contributed by atoms with van der Waals surface area (Å²) in [5.41, 5.74) is 1.09. The van der Waals surface area contributed by atoms with Gasteiger partial charge in [-0.05, 0) is 56.4 Å². The number of likely N-dealkylation sites (tertiary alicyclic amines) is 1. The molecule has 4 nitrogen and oxygen atoms in total. The number of piperidine rings is 1. The normalized spacial score (nSPS) is 23.1. The summed E-state index contributed by atoms with van der Waals surface area (Å²) < 4.78 is 23.0. The van der Waals surface area contributed by atoms with E-state index in [1.165, 1.54) is 12.1 Å². The maximum Gasteiger partial charge on any atom is 0.261 e. The van der Waals surface area contributed by atoms with Crippen LogP contribution in [0.4, 0.5) is 0 Å². The molecule has 0 N–H and O–H groups in total. The highest BCUT2D eigenvalue weighted by Crippen LogP contribution is 2.25. The quantitative estimate of drug-likeness (QED) is 0.783. The van der Waals surface area contributed by atoms with E-state index >= 15 is 0 Å². The van der Waals surface area contributed by atoms with Gasteiger partial charge < -0.3 is 4.90 Å². The van der Waals surface area contributed by atoms with E-state index in [0.717, 1.165) is 12.8 Å². The molecule has 1 fully saturated rings. The third-order valence-electron chi connectivity index (χ3n) is 3.98. The molecule has 0 spiro atoms. The Morgan fingerprint density at radius 3 is 2.52 bits per heavy atom. The van der Waals surface area contributed by atoms with Crippen molar-refractivity contribution in [2.45, 2.75) is 44.6 Å². The fourth-order valence-electron chi connectivity index (χ4n) is 2.89. The Hall–Kier alpha value is -1.07. The summed E-state index contributed by atoms with van der Waals surface area (Å²) in [6, 6.07) is 4.71. The smallest absolute Gasteiger partial charge is 0.261 e. The van der Waals surface area contributed by atoms with Crippen molar-refractivity contribution in [3.05, 3.63) is 29.3 Å². The van der Waals surface area contributed by atoms with Crippen LogP contribution in [0.5, 0.6) is 0 Å². The van der Waals surface area contributed by atoms with Gasteiger partial charge in [0.15, 0.2) is 0 Å². The first-order chi connectivity index (χ1) is 9.68. The molecule has 2 unspecified atom stereocenters. The maximum atomic E-state index is 12.6. The number of hydrogen-bond acceptors (Lipinski definition) is 3. The predicted molar refractivity (Wildman–Crippen MR) is 83.1 cm³/mol. The molecule has 2 rings (SSSR count). The Morgan fingerprint density at radius 1 is 1.29 bits per heavy atom. The van der Waals surface area contributed by atoms with Gasteiger partial charge >= 0.3 is 0 Å². The number of benzene rings is 1. The second-order valence-corrected chi connectivity index (χ2v) is 8.52. The standard InChI is InChI=1S/C15H20ClNO3S/c1-10-4-5-17(12(3)6-10)15(18)13-7-11(2)8-14(9-13)21(16,19)20/h7-10,12H,4-6H2,1-3H3. The second-order valence-electron chi connectivity index (χ2n) is 5.95. The molecular formula is C15H20ClNO3S. The van der Waals surface area contributed by atoms with E-state index in [4.69, 9.17) is 10.7 Å². The van der Waals surface area contributed by atoms with Crippen LogP contribution in [0.2, 0.25) is 0 Å². The number of aryl methyl sites for hydroxylation is 1. The minimum Gasteiger partial charge on any atom is -0.336 e. The molecule has 1 heterocycles. The molecule has 21 heavy (non-hydrogen) atoms. The van der Waals surface area contributed by atoms with Gasteiger partial charge in [0, 0.05) is 28.8 Å². The Balaban J connectivity index is 2.33. The van der Waals surface area contributed by atoms with E-state index < -0.39 is 9.05 Å². The SMILES string of the molecule is Cc1cc(C(=O)N2CCC(C)CC2C)cc(S(=O)(=O)Cl)c1. The zero-order valence-corrected chi connectivity index (χ0v) is 14.0. The van der Waals surface area contributed by atoms with Crippen LogP contribution in [-0.2, 0) is 9.05 Å². The topological polar surface area (TPSA) is 54.5 Å². The number of hydrogen-bond donors (Lipinski definition) is 0. The van der Waals surface area contributed by atoms with Crippen LogP contribution in [0.1, 0.15) is 42.6 Å². The van der Waals surface area contributed by atoms with Crippen LogP contribution >= 0.6 is 10.7 Å². The van der Waals surface area contributed by atoms with Gasteiger partial charge in [0.05, 0.1) is 4.90 Å². The summed E-state index contributed by atoms with van der Waals surface area (Å²) in [7, 11) is 1.56. The summed E-state index contributed by atoms with van der Waals surface area (Å²) in [6.45, 7) is 6.67. The van der Waals surface area contributed by atoms with Crippen LogP contribution in [-0.4, -0.2) is 31.8 Å². The first kappa shape index (κ1) is 16.3. The molecular weight excluding hydrogens is 310 g/mol. The average Bonchev–Trinajstić information content (AvgIpc) is 2.36. The van der Waals surface area contributed by atoms with E-state index in [1.807, 2.05) is 11.8 Å². The Kier molecular flexibility index (Phi) is 4.63. The monoisotopic (exact) mass is 329 g/mol. The minimum absolute atomic E-state index is 0.0226. The fourth-order valence-corrected chi connectivity index (χ4v) is 3.75. The molecule has 0 saturated carbocycles. The van der Waals surface area contributed by atoms with E-state index in [9.17, 15) is 13.2 Å². The van der Waals surface area contributed by atoms with Gasteiger partial charge in [-0.15, -0.1) is 0 Å². The summed E-state index contributed by atoms with van der Waals surface area (Å²) in [5, 5.41) is 0. The van der Waals surface area contributed by atoms with Gasteiger partial charge in [0.2, 0.25) is 0 Å². The van der Waals surface area contributed by atoms with Crippen molar-refractivity contribution in [2.75, 3.05) is 6.54 Å². The van der Waals surface area contributed by atoms with Crippen molar-refractivity contribution in [1.82, 2.24) is 4.90 Å². The zero-order valence-electron chi connectivity index (χ0n) is 12.5. The lowest BCUT2D eigenvalue weighted by molar-refractivity contribution is 0.0588. The van der Waals surface area contributed by atoms with Crippen LogP contribution in [0.3, 0.4) is 0 Å². The molecule has 1 amide bonds. The Labute approximate surface area is 130 Å². The summed E-state index contributed by atoms with van der Waals surface area (Å²) >= 11 is 0. The predicted octanol–water partition coefficient (Wildman–Crippen LogP) is 3.18. The van der Waals surface area contributed by atoms with Gasteiger partial charge in [-0.25, -0.2) is 8.42 Å². The molecule has 1 saturated heterocycles. The third-order valence-corrected chi connectivity index (χ3v) is 5.31. The number of nitrogens with zero attached hydrogens (tertiary/aromatic N) is 1. The molecule has 2 atom stereocenters. The molecule has 1 aromatic rings. The third kappa shape index (κ3) is 3.77. The van der Waals surface area contributed by atoms with E-state index in [0.29, 0.717) is 23.6 Å². The zero-order chi connectivity index (χ0) is 15.8. The highest BCUT2D eigenvalue weighted by molar-refractivity contribution is 8.13. The number of carbonyl (C=O) groups is 1. The van der Waals surface area contributed by atoms with E-state index in [2.05, 4.69) is 6.92 Å². The lowest BCUT2D eigenvalue weighted by Gasteiger charge is -2.36. The van der Waals surface area contributed by atoms with Gasteiger partial charge in [-0.2, -0.15) is 0 Å². The van der Waals surface area contributed by atoms with Gasteiger partial charge in [-0.3, -0.25) is 4.79 Å². The Morgan fingerprint density at radius 2 is 1.95 bits per heavy atom. The molecule has 6 heteroatoms. The van der Waals surface area contributed by atoms with Crippen LogP contribution in [0.15, 0.2) is 23.1 Å². The van der Waals surface area contributed by atoms with Crippen molar-refractivity contribution in [1.29, 1.82) is 0 Å². The largest absolute Gasteiger partial charge is 0.336 e. The first-order valence-electron chi connectivity index (χ1n) is 7.06. The maximum absolute atomic E-state index is 12.6. The molecule has 0 radical (unpaired) electrons. The van der Waals surface area contributed by atoms with E-state index in [-0.39, 0.29) is 16.8 Å². The highest BCUT2D eigenvalue weighted by Gasteiger charge is 2.28. The van der Waals surface area contributed by atoms with Crippen molar-refractivity contribution < 1.29 is 13.2 Å². The highest BCUT2D eigenvalue weighted by atomic mass is 35.7. The van der Waals surface area contributed by atoms with E-state index in [1.54, 1.807) is 13.0 Å². The van der Waals surface area contributed by atoms with Gasteiger partial charge in [0.1, 0.15) is 0 Å². The molecule has 0 aromatic heterocycles. The lowest BCUT2D eigenvalue weighted by Crippen LogP contribution is -2.44. The number of carbonyl (C=O) groups excluding carboxylic acids is 1. The fraction of sp³-hybridized carbons (Fsp3) is 0.533. The summed E-state index contributed by atoms with van der Waals surface area (Å²) in [6.07, 6.45) is 1.95. The lowest BCUT2D eigenvalue weighted by atomic mass is 9.93. The number of rotatable bonds is 2. The number of amides is 1. The van der Waals surface area contributed by atoms with Crippen molar-refractivity contribution in [3.63, 3.8) is 0 Å². The molecule has 1 aromatic carbocycles. The van der Waals surface area contributed by atoms with Crippen molar-refractivity contribution in [3.8, 4) is 0 Å². The van der Waals surface area contributed by atoms with Crippen LogP contribution in [0, 0.1) is 12.8 Å². The van der Waals surface area contributed by atoms with Gasteiger partial charge in [-0.1, -0.05) is 6.92 Å². The molecule has 1 aliphatic rings. The summed E-state index contributed by atoms with van der Waals surface area (Å²) in [5.74, 6) is 0.486. The average molecular weight is 330 g/mol. The van der Waals surface area contributed by atoms with Crippen molar-refractivity contribution in [2.24, 2.45) is 5.92 Å². The van der Waals surface area contributed by atoms with Crippen LogP contribution in [0.25, 0.3) is 0 Å². The van der Waals surface area contributed by atoms with Crippen molar-refractivity contribution >= 4 is 25.6 Å². The first-order valence-corrected chi connectivity index (χ1v) is 9.36. The molecule has 0 bridgehead atoms. The number of halogens is 1. The summed E-state index contributed by atoms with van der Waals surface area (Å²) in [4.78, 5) is 14.4. The van der Waals surface area contributed by atoms with Crippen LogP contribution < -0.4 is 0 Å². The molecule has 116 valence electrons. The second kappa shape index (κ2) is 5.97. The molecule has 0 aliphatic carbocycles. The van der Waals surface area contributed by atoms with Gasteiger partial charge in [0.25, 0.3) is 15.0 Å². The minimum atomic E-state index is -3.83. The Bertz CT molecular complexity index is 657. The molecule has 1 aliphatic heterocycles.